The average Bonchev–Trinajstić information content (AvgIpc) is 2.25. The number of nitrogens with zero attached hydrogens (tertiary/aromatic N) is 2. The monoisotopic (exact) mass is 301 g/mol. The number of halogens is 3. The molecule has 2 N–H and O–H groups in total. The normalized spacial score (nSPS) is 10.4. The summed E-state index contributed by atoms with van der Waals surface area (Å²) in [7, 11) is 0. The molecule has 2 aromatic rings. The third kappa shape index (κ3) is 2.15. The van der Waals surface area contributed by atoms with Gasteiger partial charge in [-0.15, -0.1) is 0 Å². The van der Waals surface area contributed by atoms with E-state index in [9.17, 15) is 4.39 Å². The third-order valence-electron chi connectivity index (χ3n) is 1.95. The lowest BCUT2D eigenvalue weighted by Crippen LogP contribution is -1.97. The Morgan fingerprint density at radius 1 is 1.19 bits per heavy atom. The number of nitrogen functional groups attached to an aromatic ring is 1. The topological polar surface area (TPSA) is 51.8 Å². The van der Waals surface area contributed by atoms with Gasteiger partial charge in [-0.25, -0.2) is 14.4 Å². The van der Waals surface area contributed by atoms with Crippen molar-refractivity contribution in [1.29, 1.82) is 0 Å². The Balaban J connectivity index is 2.56. The van der Waals surface area contributed by atoms with Crippen molar-refractivity contribution in [3.05, 3.63) is 39.8 Å². The van der Waals surface area contributed by atoms with Gasteiger partial charge in [-0.05, 0) is 40.2 Å². The van der Waals surface area contributed by atoms with Gasteiger partial charge in [0.05, 0.1) is 0 Å². The number of hydrogen-bond donors (Lipinski definition) is 1. The summed E-state index contributed by atoms with van der Waals surface area (Å²) in [6.07, 6.45) is 0. The lowest BCUT2D eigenvalue weighted by atomic mass is 10.1. The highest BCUT2D eigenvalue weighted by atomic mass is 79.9. The van der Waals surface area contributed by atoms with E-state index in [-0.39, 0.29) is 16.8 Å². The molecule has 0 saturated carbocycles. The fourth-order valence-electron chi connectivity index (χ4n) is 1.20. The quantitative estimate of drug-likeness (QED) is 0.879. The molecule has 3 nitrogen and oxygen atoms in total. The van der Waals surface area contributed by atoms with E-state index >= 15 is 0 Å². The third-order valence-corrected chi connectivity index (χ3v) is 2.80. The summed E-state index contributed by atoms with van der Waals surface area (Å²) in [5, 5.41) is 0.187. The Kier molecular flexibility index (Phi) is 3.07. The van der Waals surface area contributed by atoms with E-state index in [1.165, 1.54) is 12.1 Å². The minimum absolute atomic E-state index is 0.187. The zero-order valence-electron chi connectivity index (χ0n) is 7.92. The summed E-state index contributed by atoms with van der Waals surface area (Å²) in [6.45, 7) is 0. The van der Waals surface area contributed by atoms with Crippen molar-refractivity contribution < 1.29 is 4.39 Å². The molecule has 0 saturated heterocycles. The fraction of sp³-hybridized carbons (Fsp3) is 0. The number of nitrogens with two attached hydrogens (primary N) is 1. The average molecular weight is 303 g/mol. The SMILES string of the molecule is Nc1nc(Cl)c(-c2ccc(F)cc2)nc1Br. The van der Waals surface area contributed by atoms with Gasteiger partial charge >= 0.3 is 0 Å². The zero-order chi connectivity index (χ0) is 11.7. The lowest BCUT2D eigenvalue weighted by Gasteiger charge is -2.05. The molecule has 1 aromatic heterocycles. The van der Waals surface area contributed by atoms with E-state index in [4.69, 9.17) is 17.3 Å². The van der Waals surface area contributed by atoms with Crippen molar-refractivity contribution in [2.45, 2.75) is 0 Å². The Bertz CT molecular complexity index is 530. The first-order valence-corrected chi connectivity index (χ1v) is 5.49. The summed E-state index contributed by atoms with van der Waals surface area (Å²) in [5.41, 5.74) is 6.67. The molecule has 2 rings (SSSR count). The van der Waals surface area contributed by atoms with Crippen molar-refractivity contribution >= 4 is 33.3 Å². The van der Waals surface area contributed by atoms with Crippen molar-refractivity contribution in [3.63, 3.8) is 0 Å². The fourth-order valence-corrected chi connectivity index (χ4v) is 1.71. The summed E-state index contributed by atoms with van der Waals surface area (Å²) < 4.78 is 13.2. The van der Waals surface area contributed by atoms with Crippen LogP contribution >= 0.6 is 27.5 Å². The van der Waals surface area contributed by atoms with E-state index in [0.29, 0.717) is 15.9 Å². The molecule has 0 aliphatic carbocycles. The predicted molar refractivity (Wildman–Crippen MR) is 64.5 cm³/mol. The molecule has 0 radical (unpaired) electrons. The minimum Gasteiger partial charge on any atom is -0.381 e. The first kappa shape index (κ1) is 11.3. The van der Waals surface area contributed by atoms with Crippen molar-refractivity contribution in [1.82, 2.24) is 9.97 Å². The molecule has 1 heterocycles. The van der Waals surface area contributed by atoms with Crippen molar-refractivity contribution in [2.24, 2.45) is 0 Å². The second-order valence-electron chi connectivity index (χ2n) is 3.05. The summed E-state index contributed by atoms with van der Waals surface area (Å²) in [4.78, 5) is 8.06. The largest absolute Gasteiger partial charge is 0.381 e. The van der Waals surface area contributed by atoms with Crippen LogP contribution in [0.25, 0.3) is 11.3 Å². The molecule has 1 aromatic carbocycles. The van der Waals surface area contributed by atoms with Gasteiger partial charge in [0.25, 0.3) is 0 Å². The van der Waals surface area contributed by atoms with Gasteiger partial charge < -0.3 is 5.73 Å². The minimum atomic E-state index is -0.317. The molecule has 6 heteroatoms. The maximum atomic E-state index is 12.7. The van der Waals surface area contributed by atoms with Crippen LogP contribution < -0.4 is 5.73 Å². The van der Waals surface area contributed by atoms with Gasteiger partial charge in [0, 0.05) is 5.56 Å². The molecule has 82 valence electrons. The van der Waals surface area contributed by atoms with Crippen LogP contribution in [0.4, 0.5) is 10.2 Å². The van der Waals surface area contributed by atoms with Gasteiger partial charge in [-0.1, -0.05) is 11.6 Å². The van der Waals surface area contributed by atoms with Crippen LogP contribution in [0.2, 0.25) is 5.15 Å². The van der Waals surface area contributed by atoms with Crippen LogP contribution in [0.3, 0.4) is 0 Å². The standard InChI is InChI=1S/C10H6BrClFN3/c11-8-10(14)16-9(12)7(15-8)5-1-3-6(13)4-2-5/h1-4H,(H2,14,16). The highest BCUT2D eigenvalue weighted by Gasteiger charge is 2.10. The zero-order valence-corrected chi connectivity index (χ0v) is 10.3. The smallest absolute Gasteiger partial charge is 0.158 e. The van der Waals surface area contributed by atoms with E-state index < -0.39 is 0 Å². The first-order chi connectivity index (χ1) is 7.58. The number of benzene rings is 1. The Morgan fingerprint density at radius 2 is 1.81 bits per heavy atom. The molecule has 0 aliphatic heterocycles. The van der Waals surface area contributed by atoms with Crippen LogP contribution in [0, 0.1) is 5.82 Å². The molecular formula is C10H6BrClFN3. The maximum Gasteiger partial charge on any atom is 0.158 e. The molecule has 0 fully saturated rings. The van der Waals surface area contributed by atoms with Crippen molar-refractivity contribution in [2.75, 3.05) is 5.73 Å². The van der Waals surface area contributed by atoms with Crippen LogP contribution in [0.5, 0.6) is 0 Å². The highest BCUT2D eigenvalue weighted by Crippen LogP contribution is 2.28. The van der Waals surface area contributed by atoms with Crippen LogP contribution in [0.15, 0.2) is 28.9 Å². The highest BCUT2D eigenvalue weighted by molar-refractivity contribution is 9.10. The van der Waals surface area contributed by atoms with Crippen molar-refractivity contribution in [3.8, 4) is 11.3 Å². The molecule has 0 spiro atoms. The van der Waals surface area contributed by atoms with Gasteiger partial charge in [0.1, 0.15) is 16.1 Å². The summed E-state index contributed by atoms with van der Waals surface area (Å²) in [6, 6.07) is 5.82. The Hall–Kier alpha value is -1.20. The molecular weight excluding hydrogens is 296 g/mol. The Morgan fingerprint density at radius 3 is 2.44 bits per heavy atom. The van der Waals surface area contributed by atoms with E-state index in [1.807, 2.05) is 0 Å². The first-order valence-electron chi connectivity index (χ1n) is 4.32. The molecule has 0 atom stereocenters. The molecule has 0 amide bonds. The lowest BCUT2D eigenvalue weighted by molar-refractivity contribution is 0.628. The number of aromatic nitrogens is 2. The molecule has 0 unspecified atom stereocenters. The summed E-state index contributed by atoms with van der Waals surface area (Å²) >= 11 is 9.07. The van der Waals surface area contributed by atoms with Gasteiger partial charge in [-0.3, -0.25) is 0 Å². The second kappa shape index (κ2) is 4.35. The molecule has 0 aliphatic rings. The van der Waals surface area contributed by atoms with Gasteiger partial charge in [0.2, 0.25) is 0 Å². The number of anilines is 1. The number of hydrogen-bond acceptors (Lipinski definition) is 3. The number of rotatable bonds is 1. The van der Waals surface area contributed by atoms with Crippen LogP contribution in [-0.4, -0.2) is 9.97 Å². The van der Waals surface area contributed by atoms with Crippen LogP contribution in [-0.2, 0) is 0 Å². The van der Waals surface area contributed by atoms with E-state index in [1.54, 1.807) is 12.1 Å². The molecule has 16 heavy (non-hydrogen) atoms. The van der Waals surface area contributed by atoms with Gasteiger partial charge in [0.15, 0.2) is 11.0 Å². The Labute approximate surface area is 105 Å². The molecule has 0 bridgehead atoms. The second-order valence-corrected chi connectivity index (χ2v) is 4.16. The maximum absolute atomic E-state index is 12.7. The van der Waals surface area contributed by atoms with E-state index in [2.05, 4.69) is 25.9 Å². The summed E-state index contributed by atoms with van der Waals surface area (Å²) in [5.74, 6) is -0.0989. The predicted octanol–water partition coefficient (Wildman–Crippen LogP) is 3.28. The van der Waals surface area contributed by atoms with Gasteiger partial charge in [-0.2, -0.15) is 0 Å². The van der Waals surface area contributed by atoms with E-state index in [0.717, 1.165) is 0 Å². The van der Waals surface area contributed by atoms with Crippen LogP contribution in [0.1, 0.15) is 0 Å².